The molecule has 3 N–H and O–H groups in total. The SMILES string of the molecule is Cc1ccc2[nH]c(CCNC(=O)C(O)CC(C)C)nc2c1C. The number of nitrogens with one attached hydrogen (secondary N) is 2. The van der Waals surface area contributed by atoms with Crippen LogP contribution in [0.5, 0.6) is 0 Å². The highest BCUT2D eigenvalue weighted by Gasteiger charge is 2.16. The van der Waals surface area contributed by atoms with Gasteiger partial charge in [0.2, 0.25) is 5.91 Å². The zero-order valence-electron chi connectivity index (χ0n) is 13.7. The summed E-state index contributed by atoms with van der Waals surface area (Å²) in [6.45, 7) is 8.56. The Morgan fingerprint density at radius 1 is 1.36 bits per heavy atom. The van der Waals surface area contributed by atoms with Crippen molar-refractivity contribution in [1.29, 1.82) is 0 Å². The number of imidazole rings is 1. The number of amides is 1. The van der Waals surface area contributed by atoms with Gasteiger partial charge in [-0.3, -0.25) is 4.79 Å². The summed E-state index contributed by atoms with van der Waals surface area (Å²) in [6.07, 6.45) is 0.169. The van der Waals surface area contributed by atoms with Gasteiger partial charge < -0.3 is 15.4 Å². The van der Waals surface area contributed by atoms with Gasteiger partial charge in [0.05, 0.1) is 11.0 Å². The molecule has 0 aliphatic rings. The van der Waals surface area contributed by atoms with Gasteiger partial charge in [0, 0.05) is 13.0 Å². The maximum absolute atomic E-state index is 11.7. The highest BCUT2D eigenvalue weighted by Crippen LogP contribution is 2.19. The Bertz CT molecular complexity index is 661. The average molecular weight is 303 g/mol. The van der Waals surface area contributed by atoms with E-state index in [1.54, 1.807) is 0 Å². The standard InChI is InChI=1S/C17H25N3O2/c1-10(2)9-14(21)17(22)18-8-7-15-19-13-6-5-11(3)12(4)16(13)20-15/h5-6,10,14,21H,7-9H2,1-4H3,(H,18,22)(H,19,20). The number of aromatic amines is 1. The predicted molar refractivity (Wildman–Crippen MR) is 87.7 cm³/mol. The number of hydrogen-bond donors (Lipinski definition) is 3. The van der Waals surface area contributed by atoms with Crippen LogP contribution in [0.25, 0.3) is 11.0 Å². The van der Waals surface area contributed by atoms with Gasteiger partial charge in [-0.25, -0.2) is 4.98 Å². The highest BCUT2D eigenvalue weighted by molar-refractivity contribution is 5.81. The molecule has 1 aromatic heterocycles. The smallest absolute Gasteiger partial charge is 0.248 e. The maximum atomic E-state index is 11.7. The number of aliphatic hydroxyl groups is 1. The lowest BCUT2D eigenvalue weighted by Gasteiger charge is -2.12. The maximum Gasteiger partial charge on any atom is 0.248 e. The van der Waals surface area contributed by atoms with Gasteiger partial charge in [-0.1, -0.05) is 19.9 Å². The Kier molecular flexibility index (Phi) is 5.19. The molecule has 120 valence electrons. The minimum absolute atomic E-state index is 0.294. The molecule has 2 aromatic rings. The number of aliphatic hydroxyl groups excluding tert-OH is 1. The van der Waals surface area contributed by atoms with Crippen molar-refractivity contribution in [3.63, 3.8) is 0 Å². The number of H-pyrrole nitrogens is 1. The van der Waals surface area contributed by atoms with E-state index in [1.807, 2.05) is 19.9 Å². The van der Waals surface area contributed by atoms with Crippen LogP contribution in [0.3, 0.4) is 0 Å². The van der Waals surface area contributed by atoms with Gasteiger partial charge in [0.15, 0.2) is 0 Å². The fourth-order valence-corrected chi connectivity index (χ4v) is 2.46. The van der Waals surface area contributed by atoms with Crippen molar-refractivity contribution in [2.75, 3.05) is 6.54 Å². The zero-order chi connectivity index (χ0) is 16.3. The van der Waals surface area contributed by atoms with Gasteiger partial charge in [-0.2, -0.15) is 0 Å². The average Bonchev–Trinajstić information content (AvgIpc) is 2.86. The van der Waals surface area contributed by atoms with Crippen molar-refractivity contribution in [3.05, 3.63) is 29.1 Å². The molecule has 2 rings (SSSR count). The summed E-state index contributed by atoms with van der Waals surface area (Å²) in [5.41, 5.74) is 4.40. The molecule has 22 heavy (non-hydrogen) atoms. The molecule has 1 amide bonds. The number of benzene rings is 1. The van der Waals surface area contributed by atoms with Crippen molar-refractivity contribution in [1.82, 2.24) is 15.3 Å². The Hall–Kier alpha value is -1.88. The van der Waals surface area contributed by atoms with E-state index in [0.29, 0.717) is 25.3 Å². The third-order valence-electron chi connectivity index (χ3n) is 3.89. The molecular formula is C17H25N3O2. The molecular weight excluding hydrogens is 278 g/mol. The summed E-state index contributed by atoms with van der Waals surface area (Å²) in [5.74, 6) is 0.835. The van der Waals surface area contributed by atoms with Crippen molar-refractivity contribution >= 4 is 16.9 Å². The van der Waals surface area contributed by atoms with Gasteiger partial charge in [-0.05, 0) is 43.4 Å². The van der Waals surface area contributed by atoms with E-state index in [1.165, 1.54) is 11.1 Å². The number of aryl methyl sites for hydroxylation is 2. The first kappa shape index (κ1) is 16.5. The number of rotatable bonds is 6. The van der Waals surface area contributed by atoms with Crippen LogP contribution in [0.1, 0.15) is 37.2 Å². The number of nitrogens with zero attached hydrogens (tertiary/aromatic N) is 1. The predicted octanol–water partition coefficient (Wildman–Crippen LogP) is 2.25. The van der Waals surface area contributed by atoms with E-state index in [9.17, 15) is 9.90 Å². The van der Waals surface area contributed by atoms with Crippen LogP contribution in [0, 0.1) is 19.8 Å². The minimum atomic E-state index is -0.930. The lowest BCUT2D eigenvalue weighted by molar-refractivity contribution is -0.130. The molecule has 0 radical (unpaired) electrons. The van der Waals surface area contributed by atoms with E-state index in [4.69, 9.17) is 0 Å². The van der Waals surface area contributed by atoms with E-state index in [0.717, 1.165) is 16.9 Å². The first-order valence-corrected chi connectivity index (χ1v) is 7.79. The van der Waals surface area contributed by atoms with Crippen LogP contribution in [0.4, 0.5) is 0 Å². The topological polar surface area (TPSA) is 78.0 Å². The van der Waals surface area contributed by atoms with Crippen molar-refractivity contribution in [3.8, 4) is 0 Å². The van der Waals surface area contributed by atoms with Gasteiger partial charge in [-0.15, -0.1) is 0 Å². The van der Waals surface area contributed by atoms with Crippen LogP contribution in [-0.2, 0) is 11.2 Å². The van der Waals surface area contributed by atoms with Crippen LogP contribution in [-0.4, -0.2) is 33.6 Å². The summed E-state index contributed by atoms with van der Waals surface area (Å²) in [7, 11) is 0. The third-order valence-corrected chi connectivity index (χ3v) is 3.89. The number of aromatic nitrogens is 2. The summed E-state index contributed by atoms with van der Waals surface area (Å²) in [6, 6.07) is 4.10. The number of hydrogen-bond acceptors (Lipinski definition) is 3. The second-order valence-corrected chi connectivity index (χ2v) is 6.27. The zero-order valence-corrected chi connectivity index (χ0v) is 13.7. The lowest BCUT2D eigenvalue weighted by Crippen LogP contribution is -2.36. The van der Waals surface area contributed by atoms with Gasteiger partial charge in [0.25, 0.3) is 0 Å². The normalized spacial score (nSPS) is 12.8. The van der Waals surface area contributed by atoms with Crippen molar-refractivity contribution < 1.29 is 9.90 Å². The number of carbonyl (C=O) groups excluding carboxylic acids is 1. The van der Waals surface area contributed by atoms with Crippen LogP contribution < -0.4 is 5.32 Å². The van der Waals surface area contributed by atoms with Gasteiger partial charge >= 0.3 is 0 Å². The minimum Gasteiger partial charge on any atom is -0.383 e. The number of carbonyl (C=O) groups is 1. The van der Waals surface area contributed by atoms with E-state index < -0.39 is 6.10 Å². The second-order valence-electron chi connectivity index (χ2n) is 6.27. The molecule has 0 saturated carbocycles. The summed E-state index contributed by atoms with van der Waals surface area (Å²) >= 11 is 0. The first-order valence-electron chi connectivity index (χ1n) is 7.79. The van der Waals surface area contributed by atoms with Gasteiger partial charge in [0.1, 0.15) is 11.9 Å². The summed E-state index contributed by atoms with van der Waals surface area (Å²) in [5, 5.41) is 12.5. The first-order chi connectivity index (χ1) is 10.4. The highest BCUT2D eigenvalue weighted by atomic mass is 16.3. The van der Waals surface area contributed by atoms with E-state index in [-0.39, 0.29) is 5.91 Å². The molecule has 0 spiro atoms. The Morgan fingerprint density at radius 2 is 2.09 bits per heavy atom. The molecule has 5 heteroatoms. The lowest BCUT2D eigenvalue weighted by atomic mass is 10.1. The van der Waals surface area contributed by atoms with E-state index >= 15 is 0 Å². The quantitative estimate of drug-likeness (QED) is 0.766. The molecule has 1 aromatic carbocycles. The van der Waals surface area contributed by atoms with Crippen LogP contribution >= 0.6 is 0 Å². The Labute approximate surface area is 131 Å². The molecule has 5 nitrogen and oxygen atoms in total. The van der Waals surface area contributed by atoms with Crippen molar-refractivity contribution in [2.24, 2.45) is 5.92 Å². The van der Waals surface area contributed by atoms with Crippen molar-refractivity contribution in [2.45, 2.75) is 46.6 Å². The molecule has 0 saturated heterocycles. The Balaban J connectivity index is 1.92. The molecule has 0 aliphatic heterocycles. The van der Waals surface area contributed by atoms with Crippen LogP contribution in [0.15, 0.2) is 12.1 Å². The molecule has 1 atom stereocenters. The Morgan fingerprint density at radius 3 is 2.77 bits per heavy atom. The molecule has 0 aliphatic carbocycles. The number of fused-ring (bicyclic) bond motifs is 1. The van der Waals surface area contributed by atoms with Crippen LogP contribution in [0.2, 0.25) is 0 Å². The summed E-state index contributed by atoms with van der Waals surface area (Å²) < 4.78 is 0. The second kappa shape index (κ2) is 6.92. The molecule has 0 fully saturated rings. The molecule has 1 unspecified atom stereocenters. The molecule has 1 heterocycles. The van der Waals surface area contributed by atoms with E-state index in [2.05, 4.69) is 35.2 Å². The summed E-state index contributed by atoms with van der Waals surface area (Å²) in [4.78, 5) is 19.6. The molecule has 0 bridgehead atoms. The largest absolute Gasteiger partial charge is 0.383 e. The monoisotopic (exact) mass is 303 g/mol. The fourth-order valence-electron chi connectivity index (χ4n) is 2.46. The fraction of sp³-hybridized carbons (Fsp3) is 0.529. The third kappa shape index (κ3) is 3.85.